The summed E-state index contributed by atoms with van der Waals surface area (Å²) in [5.74, 6) is 0. The van der Waals surface area contributed by atoms with Gasteiger partial charge in [0.1, 0.15) is 0 Å². The summed E-state index contributed by atoms with van der Waals surface area (Å²) in [4.78, 5) is 0. The third kappa shape index (κ3) is 125. The van der Waals surface area contributed by atoms with Crippen LogP contribution in [0.2, 0.25) is 0 Å². The third-order valence-corrected chi connectivity index (χ3v) is 0. The molecular formula is H8CdO5. The van der Waals surface area contributed by atoms with Gasteiger partial charge in [-0.3, -0.25) is 0 Å². The predicted molar refractivity (Wildman–Crippen MR) is 14.0 cm³/mol. The van der Waals surface area contributed by atoms with Gasteiger partial charge in [0.25, 0.3) is 0 Å². The molecule has 0 radical (unpaired) electrons. The van der Waals surface area contributed by atoms with Crippen LogP contribution in [0.25, 0.3) is 0 Å². The van der Waals surface area contributed by atoms with Crippen molar-refractivity contribution in [2.24, 2.45) is 0 Å². The summed E-state index contributed by atoms with van der Waals surface area (Å²) in [6.45, 7) is 0. The standard InChI is InChI=1S/Cd.H4O.4H2O/h;1H4;4*1H2/q2*+2;;;;/p-4. The van der Waals surface area contributed by atoms with Crippen molar-refractivity contribution in [1.29, 1.82) is 0 Å². The van der Waals surface area contributed by atoms with Gasteiger partial charge in [0, 0.05) is 0 Å². The summed E-state index contributed by atoms with van der Waals surface area (Å²) >= 11 is 0. The molecule has 0 rings (SSSR count). The predicted octanol–water partition coefficient (Wildman–Crippen LogP) is -1.90. The molecule has 0 saturated heterocycles. The molecule has 0 atom stereocenters. The first-order valence-corrected chi connectivity index (χ1v) is 0. The molecule has 8 N–H and O–H groups in total. The monoisotopic (exact) mass is 202 g/mol. The van der Waals surface area contributed by atoms with Crippen molar-refractivity contribution in [3.63, 3.8) is 0 Å². The van der Waals surface area contributed by atoms with E-state index in [0.29, 0.717) is 0 Å². The molecule has 0 aromatic carbocycles. The molecule has 40 valence electrons. The molecule has 0 aliphatic rings. The maximum absolute atomic E-state index is 0. The van der Waals surface area contributed by atoms with Gasteiger partial charge in [0.2, 0.25) is 0 Å². The minimum absolute atomic E-state index is 0. The van der Waals surface area contributed by atoms with E-state index in [4.69, 9.17) is 0 Å². The van der Waals surface area contributed by atoms with Crippen molar-refractivity contribution in [1.82, 2.24) is 0 Å². The van der Waals surface area contributed by atoms with E-state index in [1.165, 1.54) is 0 Å². The zero-order chi connectivity index (χ0) is 0. The molecule has 0 aliphatic carbocycles. The van der Waals surface area contributed by atoms with Crippen LogP contribution in [0.4, 0.5) is 0 Å². The van der Waals surface area contributed by atoms with Crippen LogP contribution in [0.5, 0.6) is 0 Å². The van der Waals surface area contributed by atoms with Crippen LogP contribution >= 0.6 is 0 Å². The summed E-state index contributed by atoms with van der Waals surface area (Å²) in [7, 11) is 0. The molecular weight excluding hydrogens is 192 g/mol. The summed E-state index contributed by atoms with van der Waals surface area (Å²) < 4.78 is 0. The van der Waals surface area contributed by atoms with E-state index in [2.05, 4.69) is 0 Å². The first-order valence-electron chi connectivity index (χ1n) is 0. The van der Waals surface area contributed by atoms with Gasteiger partial charge >= 0.3 is 27.3 Å². The molecule has 0 spiro atoms. The second-order valence-corrected chi connectivity index (χ2v) is 0. The fourth-order valence-corrected chi connectivity index (χ4v) is 0. The molecule has 0 unspecified atom stereocenters. The SMILES string of the molecule is [Cd+2].[OH-].[OH-].[OH-].[OH-].[OH4+2]. The third-order valence-electron chi connectivity index (χ3n) is 0. The molecule has 0 amide bonds. The van der Waals surface area contributed by atoms with E-state index in [9.17, 15) is 0 Å². The van der Waals surface area contributed by atoms with Crippen molar-refractivity contribution in [3.05, 3.63) is 0 Å². The zero-order valence-corrected chi connectivity index (χ0v) is 7.24. The molecule has 5 nitrogen and oxygen atoms in total. The van der Waals surface area contributed by atoms with Crippen molar-refractivity contribution in [2.45, 2.75) is 0 Å². The molecule has 0 aliphatic heterocycles. The molecule has 0 heterocycles. The van der Waals surface area contributed by atoms with Gasteiger partial charge in [-0.2, -0.15) is 0 Å². The molecule has 0 aromatic rings. The number of hydrogen-bond acceptors (Lipinski definition) is 4. The van der Waals surface area contributed by atoms with Crippen molar-refractivity contribution < 1.29 is 54.7 Å². The minimum atomic E-state index is 0. The van der Waals surface area contributed by atoms with Crippen LogP contribution in [0.3, 0.4) is 0 Å². The average molecular weight is 200 g/mol. The Morgan fingerprint density at radius 3 is 0.500 bits per heavy atom. The smallest absolute Gasteiger partial charge is 0.873 e. The van der Waals surface area contributed by atoms with Gasteiger partial charge in [-0.15, -0.1) is 0 Å². The fourth-order valence-electron chi connectivity index (χ4n) is 0. The normalized spacial score (nSPS) is 0. The van der Waals surface area contributed by atoms with E-state index in [1.807, 2.05) is 0 Å². The summed E-state index contributed by atoms with van der Waals surface area (Å²) in [6.07, 6.45) is 0. The van der Waals surface area contributed by atoms with E-state index < -0.39 is 0 Å². The zero-order valence-electron chi connectivity index (χ0n) is 3.20. The first-order chi connectivity index (χ1) is 0. The van der Waals surface area contributed by atoms with E-state index in [1.54, 1.807) is 0 Å². The molecule has 6 heavy (non-hydrogen) atoms. The number of rotatable bonds is 0. The maximum Gasteiger partial charge on any atom is 2.00 e. The van der Waals surface area contributed by atoms with E-state index in [-0.39, 0.29) is 54.7 Å². The maximum atomic E-state index is 0. The average Bonchev–Trinajstić information content (AvgIpc) is 0. The van der Waals surface area contributed by atoms with Gasteiger partial charge < -0.3 is 27.4 Å². The van der Waals surface area contributed by atoms with Gasteiger partial charge in [-0.05, 0) is 0 Å². The van der Waals surface area contributed by atoms with Crippen molar-refractivity contribution >= 4 is 0 Å². The Hall–Kier alpha value is 0.722. The number of hydrogen-bond donors (Lipinski definition) is 0. The molecule has 0 fully saturated rings. The topological polar surface area (TPSA) is 154 Å². The quantitative estimate of drug-likeness (QED) is 0.419. The Labute approximate surface area is 55.1 Å². The second kappa shape index (κ2) is 245. The Bertz CT molecular complexity index is 3.90. The minimum Gasteiger partial charge on any atom is -0.873 e. The van der Waals surface area contributed by atoms with Crippen LogP contribution in [-0.4, -0.2) is 21.9 Å². The van der Waals surface area contributed by atoms with Crippen LogP contribution < -0.4 is 0 Å². The van der Waals surface area contributed by atoms with E-state index in [0.717, 1.165) is 0 Å². The molecule has 0 saturated carbocycles. The summed E-state index contributed by atoms with van der Waals surface area (Å²) in [5.41, 5.74) is 0. The van der Waals surface area contributed by atoms with Crippen LogP contribution in [0, 0.1) is 0 Å². The molecule has 0 aromatic heterocycles. The summed E-state index contributed by atoms with van der Waals surface area (Å²) in [6, 6.07) is 0. The van der Waals surface area contributed by atoms with Gasteiger partial charge in [-0.1, -0.05) is 0 Å². The van der Waals surface area contributed by atoms with Crippen LogP contribution in [-0.2, 0) is 32.8 Å². The summed E-state index contributed by atoms with van der Waals surface area (Å²) in [5, 5.41) is 0. The first kappa shape index (κ1) is 422. The molecule has 6 heteroatoms. The Balaban J connectivity index is 0. The van der Waals surface area contributed by atoms with Crippen LogP contribution in [0.15, 0.2) is 0 Å². The van der Waals surface area contributed by atoms with Gasteiger partial charge in [0.15, 0.2) is 0 Å². The van der Waals surface area contributed by atoms with E-state index >= 15 is 0 Å². The Morgan fingerprint density at radius 1 is 0.500 bits per heavy atom. The van der Waals surface area contributed by atoms with Gasteiger partial charge in [-0.25, -0.2) is 0 Å². The fraction of sp³-hybridized carbons (Fsp3) is 0. The Morgan fingerprint density at radius 2 is 0.500 bits per heavy atom. The van der Waals surface area contributed by atoms with Gasteiger partial charge in [0.05, 0.1) is 0 Å². The van der Waals surface area contributed by atoms with Crippen molar-refractivity contribution in [3.8, 4) is 0 Å². The molecule has 0 bridgehead atoms. The van der Waals surface area contributed by atoms with Crippen molar-refractivity contribution in [2.75, 3.05) is 0 Å². The largest absolute Gasteiger partial charge is 2.00 e. The second-order valence-electron chi connectivity index (χ2n) is 0. The van der Waals surface area contributed by atoms with Crippen LogP contribution in [0.1, 0.15) is 0 Å². The Kier molecular flexibility index (Phi) is 17200.